The summed E-state index contributed by atoms with van der Waals surface area (Å²) in [7, 11) is 1.71. The Bertz CT molecular complexity index is 968. The molecule has 1 aromatic heterocycles. The molecule has 2 heterocycles. The van der Waals surface area contributed by atoms with E-state index in [1.165, 1.54) is 24.3 Å². The third-order valence-electron chi connectivity index (χ3n) is 4.81. The number of amides is 1. The number of hydrogen-bond donors (Lipinski definition) is 1. The lowest BCUT2D eigenvalue weighted by Gasteiger charge is -2.27. The molecule has 0 bridgehead atoms. The summed E-state index contributed by atoms with van der Waals surface area (Å²) in [5.41, 5.74) is 3.00. The number of anilines is 1. The molecule has 1 amide bonds. The maximum absolute atomic E-state index is 13.0. The van der Waals surface area contributed by atoms with Gasteiger partial charge >= 0.3 is 0 Å². The molecular formula is C20H21FN4O2. The second-order valence-corrected chi connectivity index (χ2v) is 6.61. The van der Waals surface area contributed by atoms with Gasteiger partial charge in [0.05, 0.1) is 24.2 Å². The van der Waals surface area contributed by atoms with E-state index in [4.69, 9.17) is 9.72 Å². The number of carbonyl (C=O) groups excluding carboxylic acids is 1. The molecule has 1 aliphatic heterocycles. The van der Waals surface area contributed by atoms with Gasteiger partial charge in [0.25, 0.3) is 5.91 Å². The van der Waals surface area contributed by atoms with Crippen LogP contribution >= 0.6 is 0 Å². The molecule has 0 aliphatic carbocycles. The van der Waals surface area contributed by atoms with Gasteiger partial charge < -0.3 is 14.6 Å². The van der Waals surface area contributed by atoms with Crippen molar-refractivity contribution in [2.75, 3.05) is 32.1 Å². The standard InChI is InChI=1S/C20H21FN4O2/c1-27-11-10-24-8-9-25-18-7-6-16(12-17(18)23-19(25)13-24)22-20(26)14-2-4-15(21)5-3-14/h2-7,12H,8-11,13H2,1H3,(H,22,26). The van der Waals surface area contributed by atoms with E-state index in [1.54, 1.807) is 7.11 Å². The lowest BCUT2D eigenvalue weighted by Crippen LogP contribution is -2.35. The monoisotopic (exact) mass is 368 g/mol. The second-order valence-electron chi connectivity index (χ2n) is 6.61. The maximum atomic E-state index is 13.0. The molecule has 27 heavy (non-hydrogen) atoms. The zero-order valence-electron chi connectivity index (χ0n) is 15.1. The second kappa shape index (κ2) is 7.46. The fourth-order valence-electron chi connectivity index (χ4n) is 3.36. The Labute approximate surface area is 156 Å². The quantitative estimate of drug-likeness (QED) is 0.752. The summed E-state index contributed by atoms with van der Waals surface area (Å²) < 4.78 is 20.4. The summed E-state index contributed by atoms with van der Waals surface area (Å²) in [4.78, 5) is 19.4. The van der Waals surface area contributed by atoms with Crippen LogP contribution in [0.25, 0.3) is 11.0 Å². The molecule has 0 fully saturated rings. The molecule has 0 unspecified atom stereocenters. The van der Waals surface area contributed by atoms with Crippen LogP contribution in [0.1, 0.15) is 16.2 Å². The first kappa shape index (κ1) is 17.6. The van der Waals surface area contributed by atoms with Crippen LogP contribution in [0.15, 0.2) is 42.5 Å². The van der Waals surface area contributed by atoms with E-state index in [2.05, 4.69) is 14.8 Å². The van der Waals surface area contributed by atoms with Crippen molar-refractivity contribution < 1.29 is 13.9 Å². The molecule has 0 saturated heterocycles. The first-order valence-corrected chi connectivity index (χ1v) is 8.91. The molecule has 140 valence electrons. The van der Waals surface area contributed by atoms with Gasteiger partial charge in [-0.2, -0.15) is 0 Å². The van der Waals surface area contributed by atoms with E-state index in [1.807, 2.05) is 18.2 Å². The van der Waals surface area contributed by atoms with E-state index in [9.17, 15) is 9.18 Å². The molecule has 0 atom stereocenters. The highest BCUT2D eigenvalue weighted by Crippen LogP contribution is 2.24. The molecule has 3 aromatic rings. The van der Waals surface area contributed by atoms with Gasteiger partial charge in [-0.25, -0.2) is 9.37 Å². The molecular weight excluding hydrogens is 347 g/mol. The zero-order valence-corrected chi connectivity index (χ0v) is 15.1. The lowest BCUT2D eigenvalue weighted by molar-refractivity contribution is 0.102. The zero-order chi connectivity index (χ0) is 18.8. The van der Waals surface area contributed by atoms with E-state index >= 15 is 0 Å². The Kier molecular flexibility index (Phi) is 4.87. The smallest absolute Gasteiger partial charge is 0.255 e. The highest BCUT2D eigenvalue weighted by molar-refractivity contribution is 6.04. The third-order valence-corrected chi connectivity index (χ3v) is 4.81. The minimum absolute atomic E-state index is 0.274. The summed E-state index contributed by atoms with van der Waals surface area (Å²) in [5.74, 6) is 0.384. The van der Waals surface area contributed by atoms with Crippen molar-refractivity contribution in [1.82, 2.24) is 14.5 Å². The SMILES string of the molecule is COCCN1CCn2c(nc3cc(NC(=O)c4ccc(F)cc4)ccc32)C1. The highest BCUT2D eigenvalue weighted by Gasteiger charge is 2.20. The minimum Gasteiger partial charge on any atom is -0.383 e. The maximum Gasteiger partial charge on any atom is 0.255 e. The first-order valence-electron chi connectivity index (χ1n) is 8.91. The van der Waals surface area contributed by atoms with Gasteiger partial charge in [0.2, 0.25) is 0 Å². The van der Waals surface area contributed by atoms with Gasteiger partial charge in [0.15, 0.2) is 0 Å². The average molecular weight is 368 g/mol. The molecule has 4 rings (SSSR count). The number of imidazole rings is 1. The minimum atomic E-state index is -0.365. The molecule has 0 radical (unpaired) electrons. The number of methoxy groups -OCH3 is 1. The fraction of sp³-hybridized carbons (Fsp3) is 0.300. The molecule has 2 aromatic carbocycles. The molecule has 0 spiro atoms. The normalized spacial score (nSPS) is 14.3. The predicted octanol–water partition coefficient (Wildman–Crippen LogP) is 2.89. The molecule has 1 aliphatic rings. The number of aromatic nitrogens is 2. The van der Waals surface area contributed by atoms with Crippen LogP contribution in [0, 0.1) is 5.82 Å². The van der Waals surface area contributed by atoms with E-state index in [0.29, 0.717) is 17.9 Å². The van der Waals surface area contributed by atoms with E-state index < -0.39 is 0 Å². The van der Waals surface area contributed by atoms with Crippen LogP contribution in [-0.4, -0.2) is 47.2 Å². The van der Waals surface area contributed by atoms with Gasteiger partial charge in [0, 0.05) is 38.0 Å². The number of halogens is 1. The van der Waals surface area contributed by atoms with Crippen molar-refractivity contribution in [2.24, 2.45) is 0 Å². The van der Waals surface area contributed by atoms with Crippen molar-refractivity contribution in [3.05, 3.63) is 59.7 Å². The number of fused-ring (bicyclic) bond motifs is 3. The number of rotatable bonds is 5. The van der Waals surface area contributed by atoms with Gasteiger partial charge in [-0.3, -0.25) is 9.69 Å². The number of carbonyl (C=O) groups is 1. The number of ether oxygens (including phenoxy) is 1. The first-order chi connectivity index (χ1) is 13.1. The highest BCUT2D eigenvalue weighted by atomic mass is 19.1. The van der Waals surface area contributed by atoms with Crippen LogP contribution in [0.2, 0.25) is 0 Å². The summed E-state index contributed by atoms with van der Waals surface area (Å²) in [5, 5.41) is 2.85. The molecule has 0 saturated carbocycles. The molecule has 1 N–H and O–H groups in total. The van der Waals surface area contributed by atoms with Gasteiger partial charge in [-0.15, -0.1) is 0 Å². The van der Waals surface area contributed by atoms with Crippen LogP contribution in [-0.2, 0) is 17.8 Å². The molecule has 6 nitrogen and oxygen atoms in total. The number of hydrogen-bond acceptors (Lipinski definition) is 4. The van der Waals surface area contributed by atoms with E-state index in [-0.39, 0.29) is 11.7 Å². The Morgan fingerprint density at radius 1 is 1.22 bits per heavy atom. The third kappa shape index (κ3) is 3.70. The summed E-state index contributed by atoms with van der Waals surface area (Å²) in [6, 6.07) is 11.2. The van der Waals surface area contributed by atoms with Crippen molar-refractivity contribution in [3.8, 4) is 0 Å². The summed E-state index contributed by atoms with van der Waals surface area (Å²) in [6.07, 6.45) is 0. The predicted molar refractivity (Wildman–Crippen MR) is 101 cm³/mol. The van der Waals surface area contributed by atoms with Crippen molar-refractivity contribution >= 4 is 22.6 Å². The van der Waals surface area contributed by atoms with Crippen LogP contribution in [0.5, 0.6) is 0 Å². The van der Waals surface area contributed by atoms with Gasteiger partial charge in [-0.05, 0) is 42.5 Å². The average Bonchev–Trinajstić information content (AvgIpc) is 3.03. The number of nitrogens with one attached hydrogen (secondary N) is 1. The van der Waals surface area contributed by atoms with Crippen LogP contribution in [0.4, 0.5) is 10.1 Å². The summed E-state index contributed by atoms with van der Waals surface area (Å²) >= 11 is 0. The Morgan fingerprint density at radius 3 is 2.81 bits per heavy atom. The van der Waals surface area contributed by atoms with Crippen molar-refractivity contribution in [1.29, 1.82) is 0 Å². The Hall–Kier alpha value is -2.77. The Morgan fingerprint density at radius 2 is 2.04 bits per heavy atom. The summed E-state index contributed by atoms with van der Waals surface area (Å²) in [6.45, 7) is 4.23. The molecule has 7 heteroatoms. The van der Waals surface area contributed by atoms with Crippen LogP contribution < -0.4 is 5.32 Å². The van der Waals surface area contributed by atoms with E-state index in [0.717, 1.165) is 43.0 Å². The topological polar surface area (TPSA) is 59.4 Å². The fourth-order valence-corrected chi connectivity index (χ4v) is 3.36. The Balaban J connectivity index is 1.53. The van der Waals surface area contributed by atoms with Crippen LogP contribution in [0.3, 0.4) is 0 Å². The van der Waals surface area contributed by atoms with Gasteiger partial charge in [-0.1, -0.05) is 0 Å². The number of benzene rings is 2. The van der Waals surface area contributed by atoms with Crippen molar-refractivity contribution in [2.45, 2.75) is 13.1 Å². The van der Waals surface area contributed by atoms with Crippen molar-refractivity contribution in [3.63, 3.8) is 0 Å². The lowest BCUT2D eigenvalue weighted by atomic mass is 10.2. The number of nitrogens with zero attached hydrogens (tertiary/aromatic N) is 3. The van der Waals surface area contributed by atoms with Gasteiger partial charge in [0.1, 0.15) is 11.6 Å². The largest absolute Gasteiger partial charge is 0.383 e.